The molecule has 0 radical (unpaired) electrons. The number of aryl methyl sites for hydroxylation is 1. The molecule has 0 saturated carbocycles. The molecule has 0 spiro atoms. The van der Waals surface area contributed by atoms with Gasteiger partial charge < -0.3 is 20.3 Å². The Balaban J connectivity index is 2.75. The van der Waals surface area contributed by atoms with Gasteiger partial charge in [-0.3, -0.25) is 4.79 Å². The molecule has 1 aromatic heterocycles. The van der Waals surface area contributed by atoms with Crippen molar-refractivity contribution in [2.24, 2.45) is 16.8 Å². The third-order valence-corrected chi connectivity index (χ3v) is 2.76. The van der Waals surface area contributed by atoms with Crippen LogP contribution in [0, 0.1) is 12.8 Å². The predicted molar refractivity (Wildman–Crippen MR) is 67.6 cm³/mol. The van der Waals surface area contributed by atoms with Crippen LogP contribution in [0.5, 0.6) is 0 Å². The van der Waals surface area contributed by atoms with Gasteiger partial charge in [0.05, 0.1) is 5.56 Å². The van der Waals surface area contributed by atoms with Crippen LogP contribution in [-0.4, -0.2) is 34.9 Å². The zero-order valence-corrected chi connectivity index (χ0v) is 10.9. The fourth-order valence-electron chi connectivity index (χ4n) is 1.62. The van der Waals surface area contributed by atoms with Crippen molar-refractivity contribution in [1.29, 1.82) is 0 Å². The molecule has 3 N–H and O–H groups in total. The van der Waals surface area contributed by atoms with Crippen molar-refractivity contribution >= 4 is 11.7 Å². The summed E-state index contributed by atoms with van der Waals surface area (Å²) in [4.78, 5) is 13.8. The van der Waals surface area contributed by atoms with Crippen LogP contribution in [-0.2, 0) is 0 Å². The summed E-state index contributed by atoms with van der Waals surface area (Å²) in [6.07, 6.45) is 1.44. The minimum atomic E-state index is -0.202. The third-order valence-electron chi connectivity index (χ3n) is 2.76. The van der Waals surface area contributed by atoms with Gasteiger partial charge in [0, 0.05) is 19.0 Å². The lowest BCUT2D eigenvalue weighted by atomic mass is 10.1. The topological polar surface area (TPSA) is 92.1 Å². The molecule has 0 fully saturated rings. The Morgan fingerprint density at radius 1 is 1.67 bits per heavy atom. The van der Waals surface area contributed by atoms with Gasteiger partial charge in [-0.2, -0.15) is 0 Å². The number of amides is 1. The van der Waals surface area contributed by atoms with Gasteiger partial charge in [0.2, 0.25) is 0 Å². The molecule has 1 heterocycles. The standard InChI is InChI=1S/C12H19N3O3/c1-4-15(6-8(2)11(13)14-17)12(16)10-5-9(3)18-7-10/h5,7-8,17H,4,6H2,1-3H3,(H2,13,14). The average molecular weight is 253 g/mol. The molecule has 0 aliphatic carbocycles. The number of nitrogens with two attached hydrogens (primary N) is 1. The highest BCUT2D eigenvalue weighted by atomic mass is 16.4. The molecule has 1 rings (SSSR count). The molecule has 0 aromatic carbocycles. The van der Waals surface area contributed by atoms with Gasteiger partial charge in [0.25, 0.3) is 5.91 Å². The van der Waals surface area contributed by atoms with Crippen molar-refractivity contribution < 1.29 is 14.4 Å². The van der Waals surface area contributed by atoms with Crippen LogP contribution >= 0.6 is 0 Å². The lowest BCUT2D eigenvalue weighted by Gasteiger charge is -2.23. The van der Waals surface area contributed by atoms with E-state index in [1.165, 1.54) is 6.26 Å². The van der Waals surface area contributed by atoms with Crippen molar-refractivity contribution in [2.75, 3.05) is 13.1 Å². The summed E-state index contributed by atoms with van der Waals surface area (Å²) < 4.78 is 5.12. The summed E-state index contributed by atoms with van der Waals surface area (Å²) in [5.74, 6) is 0.488. The molecule has 1 amide bonds. The van der Waals surface area contributed by atoms with Crippen molar-refractivity contribution in [3.8, 4) is 0 Å². The number of amidine groups is 1. The van der Waals surface area contributed by atoms with Crippen molar-refractivity contribution in [3.05, 3.63) is 23.7 Å². The van der Waals surface area contributed by atoms with Crippen LogP contribution in [0.15, 0.2) is 21.9 Å². The largest absolute Gasteiger partial charge is 0.469 e. The lowest BCUT2D eigenvalue weighted by molar-refractivity contribution is 0.0753. The molecular weight excluding hydrogens is 234 g/mol. The Morgan fingerprint density at radius 3 is 2.78 bits per heavy atom. The van der Waals surface area contributed by atoms with E-state index in [4.69, 9.17) is 15.4 Å². The van der Waals surface area contributed by atoms with Crippen LogP contribution in [0.4, 0.5) is 0 Å². The first kappa shape index (κ1) is 14.1. The monoisotopic (exact) mass is 253 g/mol. The van der Waals surface area contributed by atoms with Crippen molar-refractivity contribution in [3.63, 3.8) is 0 Å². The molecule has 100 valence electrons. The van der Waals surface area contributed by atoms with E-state index < -0.39 is 0 Å². The van der Waals surface area contributed by atoms with Gasteiger partial charge in [-0.05, 0) is 19.9 Å². The Labute approximate surface area is 106 Å². The van der Waals surface area contributed by atoms with Gasteiger partial charge in [-0.25, -0.2) is 0 Å². The maximum Gasteiger partial charge on any atom is 0.257 e. The first-order valence-corrected chi connectivity index (χ1v) is 5.81. The van der Waals surface area contributed by atoms with Crippen LogP contribution in [0.3, 0.4) is 0 Å². The highest BCUT2D eigenvalue weighted by Crippen LogP contribution is 2.11. The van der Waals surface area contributed by atoms with E-state index in [2.05, 4.69) is 5.16 Å². The zero-order chi connectivity index (χ0) is 13.7. The normalized spacial score (nSPS) is 13.4. The summed E-state index contributed by atoms with van der Waals surface area (Å²) in [5, 5.41) is 11.5. The summed E-state index contributed by atoms with van der Waals surface area (Å²) in [6.45, 7) is 6.41. The molecule has 0 aliphatic heterocycles. The fraction of sp³-hybridized carbons (Fsp3) is 0.500. The van der Waals surface area contributed by atoms with E-state index in [1.54, 1.807) is 24.8 Å². The number of hydrogen-bond donors (Lipinski definition) is 2. The Kier molecular flexibility index (Phi) is 4.76. The number of carbonyl (C=O) groups excluding carboxylic acids is 1. The van der Waals surface area contributed by atoms with E-state index >= 15 is 0 Å². The summed E-state index contributed by atoms with van der Waals surface area (Å²) in [5.41, 5.74) is 6.02. The SMILES string of the molecule is CCN(CC(C)C(N)=NO)C(=O)c1coc(C)c1. The Morgan fingerprint density at radius 2 is 2.33 bits per heavy atom. The molecular formula is C12H19N3O3. The van der Waals surface area contributed by atoms with Gasteiger partial charge in [-0.1, -0.05) is 12.1 Å². The molecule has 18 heavy (non-hydrogen) atoms. The highest BCUT2D eigenvalue weighted by Gasteiger charge is 2.20. The first-order chi connectivity index (χ1) is 8.49. The number of hydrogen-bond acceptors (Lipinski definition) is 4. The molecule has 1 unspecified atom stereocenters. The molecule has 1 atom stereocenters. The van der Waals surface area contributed by atoms with E-state index in [0.29, 0.717) is 24.4 Å². The molecule has 6 nitrogen and oxygen atoms in total. The van der Waals surface area contributed by atoms with Crippen LogP contribution in [0.2, 0.25) is 0 Å². The first-order valence-electron chi connectivity index (χ1n) is 5.81. The molecule has 1 aromatic rings. The highest BCUT2D eigenvalue weighted by molar-refractivity contribution is 5.94. The number of nitrogens with zero attached hydrogens (tertiary/aromatic N) is 2. The maximum atomic E-state index is 12.2. The minimum absolute atomic E-state index is 0.115. The van der Waals surface area contributed by atoms with Crippen molar-refractivity contribution in [1.82, 2.24) is 4.90 Å². The molecule has 0 saturated heterocycles. The molecule has 0 bridgehead atoms. The summed E-state index contributed by atoms with van der Waals surface area (Å²) >= 11 is 0. The van der Waals surface area contributed by atoms with Crippen molar-refractivity contribution in [2.45, 2.75) is 20.8 Å². The molecule has 0 aliphatic rings. The van der Waals surface area contributed by atoms with Crippen LogP contribution in [0.25, 0.3) is 0 Å². The minimum Gasteiger partial charge on any atom is -0.469 e. The van der Waals surface area contributed by atoms with Crippen LogP contribution in [0.1, 0.15) is 30.0 Å². The van der Waals surface area contributed by atoms with Gasteiger partial charge in [0.1, 0.15) is 17.9 Å². The van der Waals surface area contributed by atoms with E-state index in [0.717, 1.165) is 0 Å². The number of carbonyl (C=O) groups is 1. The van der Waals surface area contributed by atoms with E-state index in [-0.39, 0.29) is 17.7 Å². The van der Waals surface area contributed by atoms with E-state index in [1.807, 2.05) is 6.92 Å². The van der Waals surface area contributed by atoms with E-state index in [9.17, 15) is 4.79 Å². The summed E-state index contributed by atoms with van der Waals surface area (Å²) in [6, 6.07) is 1.69. The summed E-state index contributed by atoms with van der Waals surface area (Å²) in [7, 11) is 0. The second-order valence-electron chi connectivity index (χ2n) is 4.22. The Hall–Kier alpha value is -1.98. The second kappa shape index (κ2) is 6.09. The van der Waals surface area contributed by atoms with Gasteiger partial charge >= 0.3 is 0 Å². The van der Waals surface area contributed by atoms with Crippen LogP contribution < -0.4 is 5.73 Å². The number of rotatable bonds is 5. The third kappa shape index (κ3) is 3.26. The average Bonchev–Trinajstić information content (AvgIpc) is 2.80. The Bertz CT molecular complexity index is 440. The fourth-order valence-corrected chi connectivity index (χ4v) is 1.62. The zero-order valence-electron chi connectivity index (χ0n) is 10.9. The number of furan rings is 1. The maximum absolute atomic E-state index is 12.2. The second-order valence-corrected chi connectivity index (χ2v) is 4.22. The quantitative estimate of drug-likeness (QED) is 0.359. The number of oxime groups is 1. The lowest BCUT2D eigenvalue weighted by Crippen LogP contribution is -2.38. The predicted octanol–water partition coefficient (Wildman–Crippen LogP) is 1.43. The molecule has 6 heteroatoms. The smallest absolute Gasteiger partial charge is 0.257 e. The van der Waals surface area contributed by atoms with Gasteiger partial charge in [0.15, 0.2) is 0 Å². The van der Waals surface area contributed by atoms with Gasteiger partial charge in [-0.15, -0.1) is 0 Å².